The molecule has 2 N–H and O–H groups in total. The van der Waals surface area contributed by atoms with Crippen molar-refractivity contribution in [1.29, 1.82) is 0 Å². The first kappa shape index (κ1) is 22.7. The molecule has 178 valence electrons. The third-order valence-electron chi connectivity index (χ3n) is 6.40. The Balaban J connectivity index is 1.26. The van der Waals surface area contributed by atoms with Crippen LogP contribution in [0.5, 0.6) is 0 Å². The van der Waals surface area contributed by atoms with Gasteiger partial charge in [-0.3, -0.25) is 4.79 Å². The van der Waals surface area contributed by atoms with Crippen LogP contribution in [0.3, 0.4) is 0 Å². The SMILES string of the molecule is Cc1cc(C)n(-c2ccc(Nc3ccc(NC(=O)C4(c5ccccc5)CCOCC4)cc3)nn2)n1. The number of nitrogens with zero attached hydrogens (tertiary/aromatic N) is 4. The number of hydrogen-bond acceptors (Lipinski definition) is 6. The highest BCUT2D eigenvalue weighted by molar-refractivity contribution is 5.99. The van der Waals surface area contributed by atoms with E-state index in [0.29, 0.717) is 37.7 Å². The number of amides is 1. The van der Waals surface area contributed by atoms with Gasteiger partial charge in [0.05, 0.1) is 11.1 Å². The zero-order valence-electron chi connectivity index (χ0n) is 19.9. The fraction of sp³-hybridized carbons (Fsp3) is 0.259. The van der Waals surface area contributed by atoms with E-state index in [1.165, 1.54) is 0 Å². The maximum Gasteiger partial charge on any atom is 0.235 e. The zero-order chi connectivity index (χ0) is 24.3. The maximum absolute atomic E-state index is 13.4. The Hall–Kier alpha value is -4.04. The molecule has 2 aromatic heterocycles. The van der Waals surface area contributed by atoms with Crippen LogP contribution in [-0.2, 0) is 14.9 Å². The van der Waals surface area contributed by atoms with Crippen molar-refractivity contribution < 1.29 is 9.53 Å². The van der Waals surface area contributed by atoms with Crippen LogP contribution in [0.15, 0.2) is 72.8 Å². The number of ether oxygens (including phenoxy) is 1. The molecule has 4 aromatic rings. The van der Waals surface area contributed by atoms with Crippen molar-refractivity contribution in [2.24, 2.45) is 0 Å². The first-order valence-corrected chi connectivity index (χ1v) is 11.7. The average Bonchev–Trinajstić information content (AvgIpc) is 3.24. The molecule has 0 radical (unpaired) electrons. The number of benzene rings is 2. The molecule has 0 spiro atoms. The minimum Gasteiger partial charge on any atom is -0.381 e. The van der Waals surface area contributed by atoms with Crippen molar-refractivity contribution >= 4 is 23.1 Å². The molecule has 0 atom stereocenters. The highest BCUT2D eigenvalue weighted by Crippen LogP contribution is 2.36. The summed E-state index contributed by atoms with van der Waals surface area (Å²) >= 11 is 0. The van der Waals surface area contributed by atoms with Gasteiger partial charge in [0.25, 0.3) is 0 Å². The molecule has 1 saturated heterocycles. The second-order valence-electron chi connectivity index (χ2n) is 8.83. The third kappa shape index (κ3) is 4.79. The number of carbonyl (C=O) groups excluding carboxylic acids is 1. The number of nitrogens with one attached hydrogen (secondary N) is 2. The minimum atomic E-state index is -0.584. The van der Waals surface area contributed by atoms with Crippen molar-refractivity contribution in [3.8, 4) is 5.82 Å². The van der Waals surface area contributed by atoms with Gasteiger partial charge in [0, 0.05) is 30.3 Å². The van der Waals surface area contributed by atoms with Gasteiger partial charge in [-0.25, -0.2) is 4.68 Å². The summed E-state index contributed by atoms with van der Waals surface area (Å²) in [6.45, 7) is 5.08. The van der Waals surface area contributed by atoms with Crippen LogP contribution in [0.2, 0.25) is 0 Å². The normalized spacial score (nSPS) is 14.9. The summed E-state index contributed by atoms with van der Waals surface area (Å²) in [6.07, 6.45) is 1.32. The summed E-state index contributed by atoms with van der Waals surface area (Å²) < 4.78 is 7.32. The topological polar surface area (TPSA) is 94.0 Å². The van der Waals surface area contributed by atoms with Crippen LogP contribution in [0.4, 0.5) is 17.2 Å². The highest BCUT2D eigenvalue weighted by Gasteiger charge is 2.41. The van der Waals surface area contributed by atoms with E-state index in [1.54, 1.807) is 4.68 Å². The molecule has 0 aliphatic carbocycles. The monoisotopic (exact) mass is 468 g/mol. The second kappa shape index (κ2) is 9.68. The largest absolute Gasteiger partial charge is 0.381 e. The van der Waals surface area contributed by atoms with E-state index in [0.717, 1.165) is 28.3 Å². The Morgan fingerprint density at radius 2 is 1.63 bits per heavy atom. The van der Waals surface area contributed by atoms with E-state index >= 15 is 0 Å². The Morgan fingerprint density at radius 3 is 2.26 bits per heavy atom. The zero-order valence-corrected chi connectivity index (χ0v) is 19.9. The molecule has 1 aliphatic rings. The van der Waals surface area contributed by atoms with E-state index in [-0.39, 0.29) is 5.91 Å². The van der Waals surface area contributed by atoms with Gasteiger partial charge >= 0.3 is 0 Å². The molecule has 0 bridgehead atoms. The van der Waals surface area contributed by atoms with Crippen LogP contribution >= 0.6 is 0 Å². The second-order valence-corrected chi connectivity index (χ2v) is 8.83. The van der Waals surface area contributed by atoms with Gasteiger partial charge in [0.1, 0.15) is 0 Å². The fourth-order valence-corrected chi connectivity index (χ4v) is 4.53. The average molecular weight is 469 g/mol. The minimum absolute atomic E-state index is 0.00156. The Kier molecular flexibility index (Phi) is 6.29. The molecule has 1 amide bonds. The van der Waals surface area contributed by atoms with Gasteiger partial charge < -0.3 is 15.4 Å². The van der Waals surface area contributed by atoms with Crippen molar-refractivity contribution in [2.75, 3.05) is 23.8 Å². The Bertz CT molecular complexity index is 1290. The number of aryl methyl sites for hydroxylation is 2. The lowest BCUT2D eigenvalue weighted by Crippen LogP contribution is -2.44. The van der Waals surface area contributed by atoms with Gasteiger partial charge in [0.15, 0.2) is 11.6 Å². The number of hydrogen-bond donors (Lipinski definition) is 2. The predicted octanol–water partition coefficient (Wildman–Crippen LogP) is 4.71. The number of rotatable bonds is 6. The molecule has 0 saturated carbocycles. The fourth-order valence-electron chi connectivity index (χ4n) is 4.53. The van der Waals surface area contributed by atoms with E-state index in [2.05, 4.69) is 25.9 Å². The third-order valence-corrected chi connectivity index (χ3v) is 6.40. The lowest BCUT2D eigenvalue weighted by atomic mass is 9.73. The van der Waals surface area contributed by atoms with Gasteiger partial charge in [-0.05, 0) is 74.7 Å². The lowest BCUT2D eigenvalue weighted by Gasteiger charge is -2.36. The number of aromatic nitrogens is 4. The van der Waals surface area contributed by atoms with Crippen molar-refractivity contribution in [2.45, 2.75) is 32.1 Å². The van der Waals surface area contributed by atoms with Gasteiger partial charge in [-0.15, -0.1) is 10.2 Å². The first-order chi connectivity index (χ1) is 17.0. The van der Waals surface area contributed by atoms with Crippen LogP contribution in [0.25, 0.3) is 5.82 Å². The quantitative estimate of drug-likeness (QED) is 0.426. The van der Waals surface area contributed by atoms with Crippen molar-refractivity contribution in [3.63, 3.8) is 0 Å². The molecular weight excluding hydrogens is 440 g/mol. The standard InChI is InChI=1S/C27H28N6O2/c1-19-18-20(2)33(32-19)25-13-12-24(30-31-25)28-22-8-10-23(11-9-22)29-26(34)27(14-16-35-17-15-27)21-6-4-3-5-7-21/h3-13,18H,14-17H2,1-2H3,(H,28,30)(H,29,34). The Morgan fingerprint density at radius 1 is 0.914 bits per heavy atom. The first-order valence-electron chi connectivity index (χ1n) is 11.7. The molecule has 3 heterocycles. The molecule has 0 unspecified atom stereocenters. The van der Waals surface area contributed by atoms with Gasteiger partial charge in [0.2, 0.25) is 5.91 Å². The lowest BCUT2D eigenvalue weighted by molar-refractivity contribution is -0.125. The number of anilines is 3. The van der Waals surface area contributed by atoms with E-state index < -0.39 is 5.41 Å². The van der Waals surface area contributed by atoms with Crippen molar-refractivity contribution in [1.82, 2.24) is 20.0 Å². The maximum atomic E-state index is 13.4. The Labute approximate surface area is 204 Å². The van der Waals surface area contributed by atoms with Gasteiger partial charge in [-0.2, -0.15) is 5.10 Å². The van der Waals surface area contributed by atoms with Crippen LogP contribution in [0, 0.1) is 13.8 Å². The number of carbonyl (C=O) groups is 1. The highest BCUT2D eigenvalue weighted by atomic mass is 16.5. The molecule has 1 fully saturated rings. The molecule has 8 nitrogen and oxygen atoms in total. The van der Waals surface area contributed by atoms with E-state index in [4.69, 9.17) is 4.74 Å². The smallest absolute Gasteiger partial charge is 0.235 e. The molecule has 8 heteroatoms. The molecule has 1 aliphatic heterocycles. The van der Waals surface area contributed by atoms with Crippen molar-refractivity contribution in [3.05, 3.63) is 89.7 Å². The van der Waals surface area contributed by atoms with Gasteiger partial charge in [-0.1, -0.05) is 30.3 Å². The molecule has 5 rings (SSSR count). The summed E-state index contributed by atoms with van der Waals surface area (Å²) in [4.78, 5) is 13.4. The summed E-state index contributed by atoms with van der Waals surface area (Å²) in [6, 6.07) is 23.3. The van der Waals surface area contributed by atoms with E-state index in [1.807, 2.05) is 86.6 Å². The van der Waals surface area contributed by atoms with Crippen LogP contribution in [-0.4, -0.2) is 39.1 Å². The van der Waals surface area contributed by atoms with E-state index in [9.17, 15) is 4.79 Å². The molecule has 2 aromatic carbocycles. The predicted molar refractivity (Wildman–Crippen MR) is 135 cm³/mol. The summed E-state index contributed by atoms with van der Waals surface area (Å²) in [5.74, 6) is 1.29. The van der Waals surface area contributed by atoms with Crippen LogP contribution < -0.4 is 10.6 Å². The van der Waals surface area contributed by atoms with Crippen LogP contribution in [0.1, 0.15) is 29.8 Å². The molecular formula is C27H28N6O2. The summed E-state index contributed by atoms with van der Waals surface area (Å²) in [7, 11) is 0. The summed E-state index contributed by atoms with van der Waals surface area (Å²) in [5, 5.41) is 19.4. The summed E-state index contributed by atoms with van der Waals surface area (Å²) in [5.41, 5.74) is 3.98. The molecule has 35 heavy (non-hydrogen) atoms.